The summed E-state index contributed by atoms with van der Waals surface area (Å²) in [5.41, 5.74) is 2.26. The van der Waals surface area contributed by atoms with Crippen LogP contribution in [0.5, 0.6) is 0 Å². The van der Waals surface area contributed by atoms with Crippen molar-refractivity contribution < 1.29 is 13.2 Å². The van der Waals surface area contributed by atoms with Crippen LogP contribution in [0.3, 0.4) is 0 Å². The zero-order chi connectivity index (χ0) is 20.7. The Labute approximate surface area is 173 Å². The number of hydrogen-bond donors (Lipinski definition) is 1. The third kappa shape index (κ3) is 6.39. The number of amides is 1. The number of nitrogens with zero attached hydrogens (tertiary/aromatic N) is 2. The highest BCUT2D eigenvalue weighted by Gasteiger charge is 2.23. The van der Waals surface area contributed by atoms with Gasteiger partial charge in [0.1, 0.15) is 0 Å². The first kappa shape index (κ1) is 21.5. The largest absolute Gasteiger partial charge is 0.355 e. The van der Waals surface area contributed by atoms with Gasteiger partial charge in [-0.3, -0.25) is 9.69 Å². The maximum absolute atomic E-state index is 12.6. The van der Waals surface area contributed by atoms with Crippen LogP contribution in [0, 0.1) is 0 Å². The van der Waals surface area contributed by atoms with E-state index in [0.717, 1.165) is 17.7 Å². The average molecular weight is 416 g/mol. The minimum atomic E-state index is -3.11. The first-order valence-corrected chi connectivity index (χ1v) is 11.8. The molecule has 0 spiro atoms. The number of piperazine rings is 1. The fraction of sp³-hybridized carbons (Fsp3) is 0.409. The summed E-state index contributed by atoms with van der Waals surface area (Å²) in [4.78, 5) is 14.8. The molecule has 0 saturated carbocycles. The molecular formula is C22H29N3O3S. The summed E-state index contributed by atoms with van der Waals surface area (Å²) in [6.45, 7) is 3.70. The summed E-state index contributed by atoms with van der Waals surface area (Å²) in [6, 6.07) is 20.2. The molecule has 29 heavy (non-hydrogen) atoms. The van der Waals surface area contributed by atoms with Crippen molar-refractivity contribution in [2.24, 2.45) is 0 Å². The van der Waals surface area contributed by atoms with Crippen LogP contribution in [0.4, 0.5) is 0 Å². The van der Waals surface area contributed by atoms with E-state index in [2.05, 4.69) is 34.5 Å². The van der Waals surface area contributed by atoms with Gasteiger partial charge in [0.15, 0.2) is 0 Å². The van der Waals surface area contributed by atoms with Gasteiger partial charge < -0.3 is 5.32 Å². The number of carbonyl (C=O) groups is 1. The van der Waals surface area contributed by atoms with E-state index >= 15 is 0 Å². The van der Waals surface area contributed by atoms with Crippen LogP contribution < -0.4 is 5.32 Å². The smallest absolute Gasteiger partial charge is 0.220 e. The lowest BCUT2D eigenvalue weighted by molar-refractivity contribution is -0.121. The van der Waals surface area contributed by atoms with Crippen LogP contribution in [-0.4, -0.2) is 69.1 Å². The van der Waals surface area contributed by atoms with Gasteiger partial charge in [0.2, 0.25) is 15.9 Å². The SMILES string of the molecule is CS(=O)(=O)N1CCN(CCNC(=O)CC(c2ccccc2)c2ccccc2)CC1. The molecule has 2 aromatic rings. The molecule has 156 valence electrons. The predicted molar refractivity (Wildman–Crippen MR) is 115 cm³/mol. The Balaban J connectivity index is 1.50. The molecule has 1 amide bonds. The molecule has 1 aliphatic rings. The van der Waals surface area contributed by atoms with Crippen molar-refractivity contribution >= 4 is 15.9 Å². The molecule has 0 aromatic heterocycles. The van der Waals surface area contributed by atoms with Gasteiger partial charge in [0.25, 0.3) is 0 Å². The highest BCUT2D eigenvalue weighted by Crippen LogP contribution is 2.27. The quantitative estimate of drug-likeness (QED) is 0.715. The predicted octanol–water partition coefficient (Wildman–Crippen LogP) is 1.90. The van der Waals surface area contributed by atoms with E-state index in [1.807, 2.05) is 36.4 Å². The molecule has 1 saturated heterocycles. The topological polar surface area (TPSA) is 69.7 Å². The lowest BCUT2D eigenvalue weighted by atomic mass is 9.88. The summed E-state index contributed by atoms with van der Waals surface area (Å²) >= 11 is 0. The van der Waals surface area contributed by atoms with Gasteiger partial charge in [-0.2, -0.15) is 4.31 Å². The number of sulfonamides is 1. The van der Waals surface area contributed by atoms with Gasteiger partial charge in [-0.25, -0.2) is 8.42 Å². The zero-order valence-electron chi connectivity index (χ0n) is 16.8. The van der Waals surface area contributed by atoms with Crippen LogP contribution in [0.2, 0.25) is 0 Å². The van der Waals surface area contributed by atoms with Gasteiger partial charge in [-0.15, -0.1) is 0 Å². The number of rotatable bonds is 8. The molecule has 0 aliphatic carbocycles. The second kappa shape index (κ2) is 10.0. The van der Waals surface area contributed by atoms with Crippen molar-refractivity contribution in [1.82, 2.24) is 14.5 Å². The van der Waals surface area contributed by atoms with E-state index in [4.69, 9.17) is 0 Å². The molecule has 0 bridgehead atoms. The van der Waals surface area contributed by atoms with Crippen LogP contribution in [-0.2, 0) is 14.8 Å². The second-order valence-electron chi connectivity index (χ2n) is 7.43. The molecule has 0 unspecified atom stereocenters. The standard InChI is InChI=1S/C22H29N3O3S/c1-29(27,28)25-16-14-24(15-17-25)13-12-23-22(26)18-21(19-8-4-2-5-9-19)20-10-6-3-7-11-20/h2-11,21H,12-18H2,1H3,(H,23,26). The second-order valence-corrected chi connectivity index (χ2v) is 9.41. The van der Waals surface area contributed by atoms with E-state index in [1.165, 1.54) is 10.6 Å². The normalized spacial score (nSPS) is 16.1. The van der Waals surface area contributed by atoms with E-state index in [0.29, 0.717) is 39.1 Å². The highest BCUT2D eigenvalue weighted by molar-refractivity contribution is 7.88. The first-order chi connectivity index (χ1) is 13.9. The summed E-state index contributed by atoms with van der Waals surface area (Å²) < 4.78 is 24.7. The van der Waals surface area contributed by atoms with Gasteiger partial charge in [-0.05, 0) is 11.1 Å². The third-order valence-electron chi connectivity index (χ3n) is 5.34. The lowest BCUT2D eigenvalue weighted by Crippen LogP contribution is -2.49. The molecule has 1 heterocycles. The summed E-state index contributed by atoms with van der Waals surface area (Å²) in [5, 5.41) is 3.03. The Morgan fingerprint density at radius 3 is 1.93 bits per heavy atom. The zero-order valence-corrected chi connectivity index (χ0v) is 17.6. The maximum Gasteiger partial charge on any atom is 0.220 e. The van der Waals surface area contributed by atoms with E-state index in [-0.39, 0.29) is 11.8 Å². The molecule has 6 nitrogen and oxygen atoms in total. The Hall–Kier alpha value is -2.22. The molecule has 2 aromatic carbocycles. The Morgan fingerprint density at radius 1 is 0.931 bits per heavy atom. The van der Waals surface area contributed by atoms with Crippen molar-refractivity contribution in [3.8, 4) is 0 Å². The number of carbonyl (C=O) groups excluding carboxylic acids is 1. The van der Waals surface area contributed by atoms with Crippen molar-refractivity contribution in [2.75, 3.05) is 45.5 Å². The van der Waals surface area contributed by atoms with Crippen molar-refractivity contribution in [3.63, 3.8) is 0 Å². The fourth-order valence-corrected chi connectivity index (χ4v) is 4.52. The van der Waals surface area contributed by atoms with Crippen LogP contribution >= 0.6 is 0 Å². The lowest BCUT2D eigenvalue weighted by Gasteiger charge is -2.33. The third-order valence-corrected chi connectivity index (χ3v) is 6.65. The summed E-state index contributed by atoms with van der Waals surface area (Å²) in [5.74, 6) is 0.0492. The monoisotopic (exact) mass is 415 g/mol. The average Bonchev–Trinajstić information content (AvgIpc) is 2.73. The molecule has 7 heteroatoms. The Bertz CT molecular complexity index is 841. The van der Waals surface area contributed by atoms with Crippen molar-refractivity contribution in [1.29, 1.82) is 0 Å². The Morgan fingerprint density at radius 2 is 1.45 bits per heavy atom. The van der Waals surface area contributed by atoms with Crippen LogP contribution in [0.15, 0.2) is 60.7 Å². The molecule has 3 rings (SSSR count). The number of hydrogen-bond acceptors (Lipinski definition) is 4. The molecule has 1 aliphatic heterocycles. The minimum absolute atomic E-state index is 0.0238. The summed E-state index contributed by atoms with van der Waals surface area (Å²) in [6.07, 6.45) is 1.65. The van der Waals surface area contributed by atoms with Gasteiger partial charge in [0, 0.05) is 51.6 Å². The Kier molecular flexibility index (Phi) is 7.41. The van der Waals surface area contributed by atoms with E-state index < -0.39 is 10.0 Å². The van der Waals surface area contributed by atoms with Crippen LogP contribution in [0.1, 0.15) is 23.5 Å². The fourth-order valence-electron chi connectivity index (χ4n) is 3.69. The van der Waals surface area contributed by atoms with Gasteiger partial charge in [0.05, 0.1) is 6.26 Å². The van der Waals surface area contributed by atoms with Gasteiger partial charge >= 0.3 is 0 Å². The van der Waals surface area contributed by atoms with E-state index in [1.54, 1.807) is 0 Å². The van der Waals surface area contributed by atoms with Crippen molar-refractivity contribution in [3.05, 3.63) is 71.8 Å². The van der Waals surface area contributed by atoms with E-state index in [9.17, 15) is 13.2 Å². The molecule has 0 atom stereocenters. The number of benzene rings is 2. The molecule has 1 N–H and O–H groups in total. The highest BCUT2D eigenvalue weighted by atomic mass is 32.2. The maximum atomic E-state index is 12.6. The molecular weight excluding hydrogens is 386 g/mol. The van der Waals surface area contributed by atoms with Crippen molar-refractivity contribution in [2.45, 2.75) is 12.3 Å². The first-order valence-electron chi connectivity index (χ1n) is 9.97. The molecule has 0 radical (unpaired) electrons. The van der Waals surface area contributed by atoms with Gasteiger partial charge in [-0.1, -0.05) is 60.7 Å². The minimum Gasteiger partial charge on any atom is -0.355 e. The number of nitrogens with one attached hydrogen (secondary N) is 1. The van der Waals surface area contributed by atoms with Crippen LogP contribution in [0.25, 0.3) is 0 Å². The summed E-state index contributed by atoms with van der Waals surface area (Å²) in [7, 11) is -3.11. The molecule has 1 fully saturated rings.